The monoisotopic (exact) mass is 534 g/mol. The first-order valence-corrected chi connectivity index (χ1v) is 13.9. The number of ketones is 3. The second kappa shape index (κ2) is 8.53. The highest BCUT2D eigenvalue weighted by molar-refractivity contribution is 5.93. The Morgan fingerprint density at radius 3 is 2.18 bits per heavy atom. The van der Waals surface area contributed by atoms with Gasteiger partial charge in [0, 0.05) is 36.0 Å². The number of hydrogen-bond acceptors (Lipinski definition) is 8. The number of carbonyl (C=O) groups is 3. The summed E-state index contributed by atoms with van der Waals surface area (Å²) in [6.45, 7) is 13.6. The average Bonchev–Trinajstić information content (AvgIpc) is 2.97. The molecule has 0 aromatic heterocycles. The fraction of sp³-hybridized carbons (Fsp3) is 0.833. The van der Waals surface area contributed by atoms with E-state index in [0.717, 1.165) is 5.57 Å². The fourth-order valence-corrected chi connectivity index (χ4v) is 9.16. The van der Waals surface area contributed by atoms with E-state index in [4.69, 9.17) is 0 Å². The van der Waals surface area contributed by atoms with Crippen molar-refractivity contribution in [1.82, 2.24) is 0 Å². The molecule has 10 atom stereocenters. The maximum absolute atomic E-state index is 14.2. The lowest BCUT2D eigenvalue weighted by Gasteiger charge is -2.64. The maximum Gasteiger partial charge on any atom is 0.167 e. The molecule has 214 valence electrons. The third-order valence-corrected chi connectivity index (χ3v) is 11.8. The summed E-state index contributed by atoms with van der Waals surface area (Å²) in [6, 6.07) is 0. The Kier molecular flexibility index (Phi) is 6.63. The summed E-state index contributed by atoms with van der Waals surface area (Å²) in [5.41, 5.74) is -5.93. The number of aliphatic hydroxyl groups is 5. The minimum Gasteiger partial charge on any atom is -0.393 e. The number of rotatable bonds is 5. The normalized spacial score (nSPS) is 44.9. The summed E-state index contributed by atoms with van der Waals surface area (Å²) in [6.07, 6.45) is -1.12. The van der Waals surface area contributed by atoms with Crippen LogP contribution in [0.5, 0.6) is 0 Å². The molecule has 4 rings (SSSR count). The van der Waals surface area contributed by atoms with Crippen LogP contribution >= 0.6 is 0 Å². The SMILES string of the molecule is CC(C)(O)[C@H](O)CC(=O)[C@](C)(O)[C@H]1[C@H](O)C[C@@]2(C)[C@@H]3CC=C4[C@@H](CC(=O)[C@@H](O)C4(C)C)[C@]3(C)C(=O)C[C@]12C. The van der Waals surface area contributed by atoms with Gasteiger partial charge in [-0.3, -0.25) is 14.4 Å². The van der Waals surface area contributed by atoms with Gasteiger partial charge in [0.2, 0.25) is 0 Å². The van der Waals surface area contributed by atoms with Crippen molar-refractivity contribution in [3.05, 3.63) is 11.6 Å². The number of fused-ring (bicyclic) bond motifs is 5. The predicted molar refractivity (Wildman–Crippen MR) is 140 cm³/mol. The van der Waals surface area contributed by atoms with Crippen molar-refractivity contribution in [2.75, 3.05) is 0 Å². The highest BCUT2D eigenvalue weighted by atomic mass is 16.3. The predicted octanol–water partition coefficient (Wildman–Crippen LogP) is 2.12. The van der Waals surface area contributed by atoms with Crippen molar-refractivity contribution < 1.29 is 39.9 Å². The standard InChI is InChI=1S/C30H46O8/c1-25(2)15-9-10-19-27(5)13-18(32)23(30(8,38)21(34)12-20(33)26(3,4)37)28(27,6)14-22(35)29(19,7)16(15)11-17(31)24(25)36/h9,16,18-20,23-24,32-33,36-38H,10-14H2,1-8H3/t16-,18-,19+,20-,23+,24-,27+,28-,29+,30+/m1/s1. The van der Waals surface area contributed by atoms with E-state index in [1.165, 1.54) is 20.8 Å². The van der Waals surface area contributed by atoms with Gasteiger partial charge in [0.1, 0.15) is 17.5 Å². The second-order valence-corrected chi connectivity index (χ2v) is 14.7. The summed E-state index contributed by atoms with van der Waals surface area (Å²) in [5.74, 6) is -2.60. The van der Waals surface area contributed by atoms with Gasteiger partial charge in [-0.2, -0.15) is 0 Å². The molecule has 4 aliphatic rings. The zero-order valence-electron chi connectivity index (χ0n) is 24.0. The summed E-state index contributed by atoms with van der Waals surface area (Å²) in [7, 11) is 0. The van der Waals surface area contributed by atoms with Crippen LogP contribution in [0.25, 0.3) is 0 Å². The number of hydrogen-bond donors (Lipinski definition) is 5. The van der Waals surface area contributed by atoms with Gasteiger partial charge in [0.05, 0.1) is 17.8 Å². The van der Waals surface area contributed by atoms with E-state index in [0.29, 0.717) is 6.42 Å². The zero-order valence-corrected chi connectivity index (χ0v) is 24.0. The van der Waals surface area contributed by atoms with Gasteiger partial charge in [0.25, 0.3) is 0 Å². The number of carbonyl (C=O) groups excluding carboxylic acids is 3. The van der Waals surface area contributed by atoms with Crippen LogP contribution in [-0.4, -0.2) is 72.4 Å². The highest BCUT2D eigenvalue weighted by Gasteiger charge is 2.74. The Hall–Kier alpha value is -1.45. The first-order valence-electron chi connectivity index (χ1n) is 13.9. The first kappa shape index (κ1) is 29.5. The van der Waals surface area contributed by atoms with Crippen LogP contribution in [0.1, 0.15) is 87.5 Å². The van der Waals surface area contributed by atoms with Crippen LogP contribution in [0, 0.1) is 39.4 Å². The molecule has 0 bridgehead atoms. The van der Waals surface area contributed by atoms with Crippen molar-refractivity contribution in [2.24, 2.45) is 39.4 Å². The minimum atomic E-state index is -2.05. The highest BCUT2D eigenvalue weighted by Crippen LogP contribution is 2.74. The molecule has 0 amide bonds. The summed E-state index contributed by atoms with van der Waals surface area (Å²) >= 11 is 0. The van der Waals surface area contributed by atoms with Gasteiger partial charge >= 0.3 is 0 Å². The van der Waals surface area contributed by atoms with Crippen LogP contribution in [0.4, 0.5) is 0 Å². The van der Waals surface area contributed by atoms with E-state index >= 15 is 0 Å². The van der Waals surface area contributed by atoms with Crippen molar-refractivity contribution in [1.29, 1.82) is 0 Å². The molecule has 3 fully saturated rings. The fourth-order valence-electron chi connectivity index (χ4n) is 9.16. The Bertz CT molecular complexity index is 1080. The largest absolute Gasteiger partial charge is 0.393 e. The summed E-state index contributed by atoms with van der Waals surface area (Å²) in [5, 5.41) is 54.2. The van der Waals surface area contributed by atoms with Gasteiger partial charge in [0.15, 0.2) is 11.6 Å². The third-order valence-electron chi connectivity index (χ3n) is 11.8. The second-order valence-electron chi connectivity index (χ2n) is 14.7. The molecule has 4 aliphatic carbocycles. The molecular formula is C30H46O8. The van der Waals surface area contributed by atoms with Crippen LogP contribution in [0.3, 0.4) is 0 Å². The van der Waals surface area contributed by atoms with E-state index < -0.39 is 69.3 Å². The quantitative estimate of drug-likeness (QED) is 0.336. The van der Waals surface area contributed by atoms with E-state index in [9.17, 15) is 39.9 Å². The number of Topliss-reactive ketones (excluding diaryl/α,β-unsaturated/α-hetero) is 3. The molecule has 0 spiro atoms. The van der Waals surface area contributed by atoms with Gasteiger partial charge in [-0.05, 0) is 56.3 Å². The van der Waals surface area contributed by atoms with E-state index in [1.54, 1.807) is 0 Å². The summed E-state index contributed by atoms with van der Waals surface area (Å²) < 4.78 is 0. The lowest BCUT2D eigenvalue weighted by Crippen LogP contribution is -2.65. The smallest absolute Gasteiger partial charge is 0.167 e. The van der Waals surface area contributed by atoms with Gasteiger partial charge in [-0.15, -0.1) is 0 Å². The van der Waals surface area contributed by atoms with E-state index in [-0.39, 0.29) is 42.7 Å². The maximum atomic E-state index is 14.2. The minimum absolute atomic E-state index is 0.0245. The molecule has 38 heavy (non-hydrogen) atoms. The molecule has 0 radical (unpaired) electrons. The number of aliphatic hydroxyl groups excluding tert-OH is 3. The van der Waals surface area contributed by atoms with Crippen LogP contribution in [0.15, 0.2) is 11.6 Å². The zero-order chi connectivity index (χ0) is 29.0. The molecule has 0 unspecified atom stereocenters. The molecular weight excluding hydrogens is 488 g/mol. The molecule has 0 aromatic carbocycles. The molecule has 0 aromatic rings. The molecule has 8 nitrogen and oxygen atoms in total. The Morgan fingerprint density at radius 2 is 1.63 bits per heavy atom. The number of allylic oxidation sites excluding steroid dienone is 1. The molecule has 0 saturated heterocycles. The molecule has 0 heterocycles. The Balaban J connectivity index is 1.77. The molecule has 0 aliphatic heterocycles. The van der Waals surface area contributed by atoms with Gasteiger partial charge in [-0.1, -0.05) is 46.3 Å². The van der Waals surface area contributed by atoms with Crippen LogP contribution in [-0.2, 0) is 14.4 Å². The van der Waals surface area contributed by atoms with Crippen molar-refractivity contribution in [2.45, 2.75) is 117 Å². The van der Waals surface area contributed by atoms with Gasteiger partial charge < -0.3 is 25.5 Å². The van der Waals surface area contributed by atoms with Crippen LogP contribution in [0.2, 0.25) is 0 Å². The third kappa shape index (κ3) is 3.70. The molecule has 5 N–H and O–H groups in total. The topological polar surface area (TPSA) is 152 Å². The lowest BCUT2D eigenvalue weighted by molar-refractivity contribution is -0.185. The Labute approximate surface area is 225 Å². The molecule has 8 heteroatoms. The molecule has 3 saturated carbocycles. The van der Waals surface area contributed by atoms with Gasteiger partial charge in [-0.25, -0.2) is 0 Å². The Morgan fingerprint density at radius 1 is 1.05 bits per heavy atom. The average molecular weight is 535 g/mol. The van der Waals surface area contributed by atoms with Crippen molar-refractivity contribution in [3.63, 3.8) is 0 Å². The van der Waals surface area contributed by atoms with Crippen LogP contribution < -0.4 is 0 Å². The summed E-state index contributed by atoms with van der Waals surface area (Å²) in [4.78, 5) is 40.5. The van der Waals surface area contributed by atoms with E-state index in [2.05, 4.69) is 6.08 Å². The van der Waals surface area contributed by atoms with Crippen molar-refractivity contribution in [3.8, 4) is 0 Å². The van der Waals surface area contributed by atoms with Crippen molar-refractivity contribution >= 4 is 17.3 Å². The lowest BCUT2D eigenvalue weighted by atomic mass is 9.38. The first-order chi connectivity index (χ1) is 17.1. The van der Waals surface area contributed by atoms with E-state index in [1.807, 2.05) is 34.6 Å².